The number of carbonyl (C=O) groups excluding carboxylic acids is 1. The maximum absolute atomic E-state index is 11.9. The van der Waals surface area contributed by atoms with Crippen LogP contribution in [-0.4, -0.2) is 28.5 Å². The van der Waals surface area contributed by atoms with E-state index in [1.807, 2.05) is 6.07 Å². The maximum atomic E-state index is 11.9. The molecule has 1 aliphatic rings. The third-order valence-electron chi connectivity index (χ3n) is 2.61. The van der Waals surface area contributed by atoms with Crippen molar-refractivity contribution in [3.05, 3.63) is 33.9 Å². The number of thioether (sulfide) groups is 1. The highest BCUT2D eigenvalue weighted by atomic mass is 32.2. The molecule has 1 unspecified atom stereocenters. The molecule has 1 fully saturated rings. The topological polar surface area (TPSA) is 108 Å². The minimum atomic E-state index is -0.618. The molecule has 0 aliphatic carbocycles. The predicted octanol–water partition coefficient (Wildman–Crippen LogP) is 1.07. The molecule has 0 spiro atoms. The molecule has 98 valence electrons. The Morgan fingerprint density at radius 3 is 3.00 bits per heavy atom. The first-order chi connectivity index (χ1) is 9.11. The van der Waals surface area contributed by atoms with Gasteiger partial charge in [0.25, 0.3) is 5.69 Å². The molecule has 7 nitrogen and oxygen atoms in total. The van der Waals surface area contributed by atoms with E-state index < -0.39 is 4.92 Å². The highest BCUT2D eigenvalue weighted by Crippen LogP contribution is 2.25. The summed E-state index contributed by atoms with van der Waals surface area (Å²) in [6, 6.07) is 5.43. The van der Waals surface area contributed by atoms with Gasteiger partial charge in [-0.1, -0.05) is 0 Å². The summed E-state index contributed by atoms with van der Waals surface area (Å²) in [6.45, 7) is 0. The quantitative estimate of drug-likeness (QED) is 0.632. The van der Waals surface area contributed by atoms with E-state index in [-0.39, 0.29) is 28.9 Å². The van der Waals surface area contributed by atoms with E-state index in [1.54, 1.807) is 11.8 Å². The molecule has 1 aromatic carbocycles. The van der Waals surface area contributed by atoms with Crippen LogP contribution in [0, 0.1) is 21.4 Å². The number of benzene rings is 1. The number of hydrogen-bond acceptors (Lipinski definition) is 6. The molecule has 1 atom stereocenters. The van der Waals surface area contributed by atoms with Gasteiger partial charge in [-0.2, -0.15) is 5.26 Å². The van der Waals surface area contributed by atoms with Crippen molar-refractivity contribution in [2.75, 3.05) is 16.9 Å². The molecule has 1 aromatic rings. The average Bonchev–Trinajstić information content (AvgIpc) is 2.92. The van der Waals surface area contributed by atoms with Crippen LogP contribution in [0.5, 0.6) is 0 Å². The Bertz CT molecular complexity index is 564. The molecule has 1 amide bonds. The van der Waals surface area contributed by atoms with E-state index in [2.05, 4.69) is 10.6 Å². The zero-order valence-corrected chi connectivity index (χ0v) is 10.6. The van der Waals surface area contributed by atoms with E-state index in [0.717, 1.165) is 6.07 Å². The van der Waals surface area contributed by atoms with Crippen LogP contribution in [0.25, 0.3) is 0 Å². The number of carbonyl (C=O) groups is 1. The van der Waals surface area contributed by atoms with Crippen LogP contribution in [0.3, 0.4) is 0 Å². The summed E-state index contributed by atoms with van der Waals surface area (Å²) in [4.78, 5) is 22.2. The van der Waals surface area contributed by atoms with E-state index >= 15 is 0 Å². The van der Waals surface area contributed by atoms with Crippen LogP contribution in [0.2, 0.25) is 0 Å². The van der Waals surface area contributed by atoms with E-state index in [0.29, 0.717) is 11.6 Å². The third-order valence-corrected chi connectivity index (χ3v) is 3.55. The van der Waals surface area contributed by atoms with Gasteiger partial charge in [-0.15, -0.1) is 11.8 Å². The van der Waals surface area contributed by atoms with Crippen molar-refractivity contribution in [3.63, 3.8) is 0 Å². The van der Waals surface area contributed by atoms with Gasteiger partial charge in [0.15, 0.2) is 0 Å². The van der Waals surface area contributed by atoms with E-state index in [1.165, 1.54) is 12.1 Å². The lowest BCUT2D eigenvalue weighted by Crippen LogP contribution is -2.37. The minimum Gasteiger partial charge on any atom is -0.319 e. The smallest absolute Gasteiger partial charge is 0.294 e. The standard InChI is InChI=1S/C11H10N4O3S/c12-4-7-1-2-8(10(3-7)15(17)18)14-11(16)9-5-19-6-13-9/h1-3,9,13H,5-6H2,(H,14,16). The molecule has 1 heterocycles. The summed E-state index contributed by atoms with van der Waals surface area (Å²) >= 11 is 1.59. The molecular formula is C11H10N4O3S. The predicted molar refractivity (Wildman–Crippen MR) is 70.7 cm³/mol. The second-order valence-electron chi connectivity index (χ2n) is 3.86. The number of nitro benzene ring substituents is 1. The van der Waals surface area contributed by atoms with Gasteiger partial charge in [0, 0.05) is 17.7 Å². The third kappa shape index (κ3) is 3.01. The largest absolute Gasteiger partial charge is 0.319 e. The molecular weight excluding hydrogens is 268 g/mol. The number of nitrogens with zero attached hydrogens (tertiary/aromatic N) is 2. The van der Waals surface area contributed by atoms with E-state index in [9.17, 15) is 14.9 Å². The van der Waals surface area contributed by atoms with Crippen LogP contribution >= 0.6 is 11.8 Å². The summed E-state index contributed by atoms with van der Waals surface area (Å²) in [5.41, 5.74) is 0.00463. The first-order valence-electron chi connectivity index (χ1n) is 5.42. The Kier molecular flexibility index (Phi) is 3.99. The fourth-order valence-electron chi connectivity index (χ4n) is 1.64. The monoisotopic (exact) mass is 278 g/mol. The number of anilines is 1. The average molecular weight is 278 g/mol. The number of amides is 1. The van der Waals surface area contributed by atoms with Crippen LogP contribution in [0.15, 0.2) is 18.2 Å². The fourth-order valence-corrected chi connectivity index (χ4v) is 2.58. The van der Waals surface area contributed by atoms with Gasteiger partial charge in [0.05, 0.1) is 22.6 Å². The Balaban J connectivity index is 2.22. The molecule has 0 bridgehead atoms. The van der Waals surface area contributed by atoms with Gasteiger partial charge in [0.2, 0.25) is 5.91 Å². The van der Waals surface area contributed by atoms with Gasteiger partial charge < -0.3 is 5.32 Å². The highest BCUT2D eigenvalue weighted by molar-refractivity contribution is 7.99. The van der Waals surface area contributed by atoms with Gasteiger partial charge in [0.1, 0.15) is 5.69 Å². The number of nitrogens with one attached hydrogen (secondary N) is 2. The molecule has 19 heavy (non-hydrogen) atoms. The van der Waals surface area contributed by atoms with E-state index in [4.69, 9.17) is 5.26 Å². The Morgan fingerprint density at radius 1 is 1.63 bits per heavy atom. The molecule has 1 saturated heterocycles. The van der Waals surface area contributed by atoms with Crippen molar-refractivity contribution >= 4 is 29.0 Å². The lowest BCUT2D eigenvalue weighted by atomic mass is 10.2. The summed E-state index contributed by atoms with van der Waals surface area (Å²) < 4.78 is 0. The molecule has 1 aliphatic heterocycles. The minimum absolute atomic E-state index is 0.104. The molecule has 0 saturated carbocycles. The van der Waals surface area contributed by atoms with Gasteiger partial charge in [-0.3, -0.25) is 20.2 Å². The first-order valence-corrected chi connectivity index (χ1v) is 6.58. The van der Waals surface area contributed by atoms with Crippen LogP contribution in [-0.2, 0) is 4.79 Å². The number of rotatable bonds is 3. The van der Waals surface area contributed by atoms with Crippen molar-refractivity contribution in [1.82, 2.24) is 5.32 Å². The molecule has 0 radical (unpaired) electrons. The van der Waals surface area contributed by atoms with Crippen LogP contribution < -0.4 is 10.6 Å². The first kappa shape index (κ1) is 13.3. The van der Waals surface area contributed by atoms with Gasteiger partial charge >= 0.3 is 0 Å². The lowest BCUT2D eigenvalue weighted by Gasteiger charge is -2.10. The number of nitriles is 1. The molecule has 0 aromatic heterocycles. The fraction of sp³-hybridized carbons (Fsp3) is 0.273. The Morgan fingerprint density at radius 2 is 2.42 bits per heavy atom. The SMILES string of the molecule is N#Cc1ccc(NC(=O)C2CSCN2)c([N+](=O)[O-])c1. The van der Waals surface area contributed by atoms with Crippen molar-refractivity contribution in [2.24, 2.45) is 0 Å². The summed E-state index contributed by atoms with van der Waals surface area (Å²) in [6.07, 6.45) is 0. The summed E-state index contributed by atoms with van der Waals surface area (Å²) in [7, 11) is 0. The second-order valence-corrected chi connectivity index (χ2v) is 4.89. The Hall–Kier alpha value is -2.11. The van der Waals surface area contributed by atoms with Gasteiger partial charge in [-0.25, -0.2) is 0 Å². The van der Waals surface area contributed by atoms with Crippen LogP contribution in [0.4, 0.5) is 11.4 Å². The van der Waals surface area contributed by atoms with Crippen molar-refractivity contribution in [1.29, 1.82) is 5.26 Å². The normalized spacial score (nSPS) is 17.7. The summed E-state index contributed by atoms with van der Waals surface area (Å²) in [5.74, 6) is 1.02. The van der Waals surface area contributed by atoms with Gasteiger partial charge in [-0.05, 0) is 12.1 Å². The molecule has 8 heteroatoms. The maximum Gasteiger partial charge on any atom is 0.294 e. The Labute approximate surface area is 113 Å². The zero-order valence-electron chi connectivity index (χ0n) is 9.75. The number of hydrogen-bond donors (Lipinski definition) is 2. The number of nitro groups is 1. The van der Waals surface area contributed by atoms with Crippen molar-refractivity contribution in [2.45, 2.75) is 6.04 Å². The zero-order chi connectivity index (χ0) is 13.8. The van der Waals surface area contributed by atoms with Crippen molar-refractivity contribution in [3.8, 4) is 6.07 Å². The van der Waals surface area contributed by atoms with Crippen molar-refractivity contribution < 1.29 is 9.72 Å². The summed E-state index contributed by atoms with van der Waals surface area (Å²) in [5, 5.41) is 25.1. The molecule has 2 rings (SSSR count). The second kappa shape index (κ2) is 5.69. The van der Waals surface area contributed by atoms with Crippen LogP contribution in [0.1, 0.15) is 5.56 Å². The molecule has 2 N–H and O–H groups in total. The highest BCUT2D eigenvalue weighted by Gasteiger charge is 2.25. The lowest BCUT2D eigenvalue weighted by molar-refractivity contribution is -0.383.